The van der Waals surface area contributed by atoms with E-state index in [9.17, 15) is 0 Å². The normalized spacial score (nSPS) is 17.3. The van der Waals surface area contributed by atoms with Gasteiger partial charge in [-0.05, 0) is 19.3 Å². The molecule has 1 N–H and O–H groups in total. The van der Waals surface area contributed by atoms with Crippen LogP contribution < -0.4 is 0 Å². The highest BCUT2D eigenvalue weighted by molar-refractivity contribution is 4.55. The Morgan fingerprint density at radius 2 is 1.89 bits per heavy atom. The summed E-state index contributed by atoms with van der Waals surface area (Å²) in [5, 5.41) is 8.95. The third-order valence-corrected chi connectivity index (χ3v) is 1.52. The predicted molar refractivity (Wildman–Crippen MR) is 40.4 cm³/mol. The molecule has 0 aromatic heterocycles. The Bertz CT molecular complexity index is 59.6. The van der Waals surface area contributed by atoms with E-state index < -0.39 is 0 Å². The largest absolute Gasteiger partial charge is 0.393 e. The van der Waals surface area contributed by atoms with Crippen LogP contribution in [0.1, 0.15) is 40.0 Å². The average Bonchev–Trinajstić information content (AvgIpc) is 1.63. The molecule has 0 spiro atoms. The first kappa shape index (κ1) is 8.96. The average molecular weight is 130 g/mol. The van der Waals surface area contributed by atoms with E-state index in [2.05, 4.69) is 13.8 Å². The fourth-order valence-electron chi connectivity index (χ4n) is 1.19. The van der Waals surface area contributed by atoms with Crippen molar-refractivity contribution in [2.45, 2.75) is 46.1 Å². The van der Waals surface area contributed by atoms with Crippen molar-refractivity contribution in [1.29, 1.82) is 0 Å². The summed E-state index contributed by atoms with van der Waals surface area (Å²) in [6.45, 7) is 6.22. The monoisotopic (exact) mass is 130 g/mol. The fourth-order valence-corrected chi connectivity index (χ4v) is 1.19. The predicted octanol–water partition coefficient (Wildman–Crippen LogP) is 2.19. The molecule has 0 saturated carbocycles. The molecule has 2 atom stereocenters. The van der Waals surface area contributed by atoms with Gasteiger partial charge < -0.3 is 5.11 Å². The molecule has 1 heteroatoms. The van der Waals surface area contributed by atoms with Crippen LogP contribution >= 0.6 is 0 Å². The summed E-state index contributed by atoms with van der Waals surface area (Å²) >= 11 is 0. The standard InChI is InChI=1S/C8H18O/c1-4-5-7(2)6-8(3)9/h7-9H,4-6H2,1-3H3/t7-,8+/m1/s1. The van der Waals surface area contributed by atoms with Crippen LogP contribution in [0.5, 0.6) is 0 Å². The van der Waals surface area contributed by atoms with E-state index in [1.54, 1.807) is 0 Å². The molecule has 0 aromatic carbocycles. The number of aliphatic hydroxyl groups excluding tert-OH is 1. The number of hydrogen-bond donors (Lipinski definition) is 1. The van der Waals surface area contributed by atoms with Crippen LogP contribution in [-0.2, 0) is 0 Å². The molecule has 0 aliphatic heterocycles. The highest BCUT2D eigenvalue weighted by Crippen LogP contribution is 2.11. The minimum atomic E-state index is -0.119. The van der Waals surface area contributed by atoms with Gasteiger partial charge in [-0.3, -0.25) is 0 Å². The quantitative estimate of drug-likeness (QED) is 0.618. The van der Waals surface area contributed by atoms with Crippen LogP contribution in [0.25, 0.3) is 0 Å². The Balaban J connectivity index is 3.15. The maximum absolute atomic E-state index is 8.95. The van der Waals surface area contributed by atoms with Crippen molar-refractivity contribution in [3.63, 3.8) is 0 Å². The molecule has 9 heavy (non-hydrogen) atoms. The Morgan fingerprint density at radius 1 is 1.33 bits per heavy atom. The van der Waals surface area contributed by atoms with Crippen LogP contribution in [0.4, 0.5) is 0 Å². The Hall–Kier alpha value is -0.0400. The molecule has 0 fully saturated rings. The van der Waals surface area contributed by atoms with E-state index in [1.165, 1.54) is 12.8 Å². The lowest BCUT2D eigenvalue weighted by Crippen LogP contribution is -2.06. The molecule has 1 nitrogen and oxygen atoms in total. The number of hydrogen-bond acceptors (Lipinski definition) is 1. The van der Waals surface area contributed by atoms with Gasteiger partial charge in [0.2, 0.25) is 0 Å². The van der Waals surface area contributed by atoms with Crippen molar-refractivity contribution in [1.82, 2.24) is 0 Å². The molecular formula is C8H18O. The summed E-state index contributed by atoms with van der Waals surface area (Å²) in [6, 6.07) is 0. The Kier molecular flexibility index (Phi) is 4.78. The second-order valence-corrected chi connectivity index (χ2v) is 2.98. The van der Waals surface area contributed by atoms with Crippen LogP contribution in [-0.4, -0.2) is 11.2 Å². The first-order valence-electron chi connectivity index (χ1n) is 3.84. The first-order chi connectivity index (χ1) is 4.16. The van der Waals surface area contributed by atoms with Gasteiger partial charge >= 0.3 is 0 Å². The van der Waals surface area contributed by atoms with Gasteiger partial charge in [0, 0.05) is 0 Å². The van der Waals surface area contributed by atoms with Crippen molar-refractivity contribution in [2.75, 3.05) is 0 Å². The van der Waals surface area contributed by atoms with Gasteiger partial charge in [0.1, 0.15) is 0 Å². The minimum Gasteiger partial charge on any atom is -0.393 e. The smallest absolute Gasteiger partial charge is 0.0514 e. The summed E-state index contributed by atoms with van der Waals surface area (Å²) in [6.07, 6.45) is 3.30. The van der Waals surface area contributed by atoms with Gasteiger partial charge in [0.25, 0.3) is 0 Å². The molecule has 56 valence electrons. The molecule has 0 aliphatic carbocycles. The second kappa shape index (κ2) is 4.80. The van der Waals surface area contributed by atoms with E-state index in [1.807, 2.05) is 6.92 Å². The summed E-state index contributed by atoms with van der Waals surface area (Å²) in [5.41, 5.74) is 0. The maximum atomic E-state index is 8.95. The summed E-state index contributed by atoms with van der Waals surface area (Å²) in [7, 11) is 0. The molecule has 0 heterocycles. The molecule has 0 aliphatic rings. The van der Waals surface area contributed by atoms with Crippen LogP contribution in [0.15, 0.2) is 0 Å². The molecular weight excluding hydrogens is 112 g/mol. The zero-order valence-corrected chi connectivity index (χ0v) is 6.72. The molecule has 0 amide bonds. The van der Waals surface area contributed by atoms with Crippen molar-refractivity contribution in [3.8, 4) is 0 Å². The highest BCUT2D eigenvalue weighted by Gasteiger charge is 2.03. The van der Waals surface area contributed by atoms with Gasteiger partial charge in [-0.25, -0.2) is 0 Å². The third kappa shape index (κ3) is 5.84. The lowest BCUT2D eigenvalue weighted by Gasteiger charge is -2.10. The zero-order chi connectivity index (χ0) is 7.28. The van der Waals surface area contributed by atoms with E-state index >= 15 is 0 Å². The van der Waals surface area contributed by atoms with Gasteiger partial charge in [0.15, 0.2) is 0 Å². The lowest BCUT2D eigenvalue weighted by atomic mass is 10.00. The van der Waals surface area contributed by atoms with Crippen molar-refractivity contribution in [2.24, 2.45) is 5.92 Å². The van der Waals surface area contributed by atoms with Gasteiger partial charge in [-0.1, -0.05) is 26.7 Å². The Morgan fingerprint density at radius 3 is 2.22 bits per heavy atom. The molecule has 0 bridgehead atoms. The molecule has 0 radical (unpaired) electrons. The second-order valence-electron chi connectivity index (χ2n) is 2.98. The van der Waals surface area contributed by atoms with Crippen molar-refractivity contribution < 1.29 is 5.11 Å². The van der Waals surface area contributed by atoms with E-state index in [0.29, 0.717) is 5.92 Å². The van der Waals surface area contributed by atoms with E-state index in [-0.39, 0.29) is 6.10 Å². The Labute approximate surface area is 58.1 Å². The number of rotatable bonds is 4. The fraction of sp³-hybridized carbons (Fsp3) is 1.00. The number of aliphatic hydroxyl groups is 1. The molecule has 0 rings (SSSR count). The maximum Gasteiger partial charge on any atom is 0.0514 e. The summed E-state index contributed by atoms with van der Waals surface area (Å²) < 4.78 is 0. The molecule has 0 unspecified atom stereocenters. The molecule has 0 saturated heterocycles. The highest BCUT2D eigenvalue weighted by atomic mass is 16.3. The first-order valence-corrected chi connectivity index (χ1v) is 3.84. The van der Waals surface area contributed by atoms with Gasteiger partial charge in [-0.2, -0.15) is 0 Å². The van der Waals surface area contributed by atoms with Gasteiger partial charge in [-0.15, -0.1) is 0 Å². The summed E-state index contributed by atoms with van der Waals surface area (Å²) in [4.78, 5) is 0. The van der Waals surface area contributed by atoms with Crippen LogP contribution in [0, 0.1) is 5.92 Å². The summed E-state index contributed by atoms with van der Waals surface area (Å²) in [5.74, 6) is 0.690. The van der Waals surface area contributed by atoms with Crippen LogP contribution in [0.3, 0.4) is 0 Å². The van der Waals surface area contributed by atoms with Crippen molar-refractivity contribution in [3.05, 3.63) is 0 Å². The lowest BCUT2D eigenvalue weighted by molar-refractivity contribution is 0.161. The van der Waals surface area contributed by atoms with Crippen molar-refractivity contribution >= 4 is 0 Å². The molecule has 0 aromatic rings. The van der Waals surface area contributed by atoms with Gasteiger partial charge in [0.05, 0.1) is 6.10 Å². The minimum absolute atomic E-state index is 0.119. The topological polar surface area (TPSA) is 20.2 Å². The third-order valence-electron chi connectivity index (χ3n) is 1.52. The van der Waals surface area contributed by atoms with Crippen LogP contribution in [0.2, 0.25) is 0 Å². The zero-order valence-electron chi connectivity index (χ0n) is 6.72. The van der Waals surface area contributed by atoms with E-state index in [4.69, 9.17) is 5.11 Å². The SMILES string of the molecule is CCC[C@@H](C)C[C@H](C)O. The van der Waals surface area contributed by atoms with E-state index in [0.717, 1.165) is 6.42 Å².